The Kier molecular flexibility index (Phi) is 4.55. The minimum absolute atomic E-state index is 0.0926. The van der Waals surface area contributed by atoms with Gasteiger partial charge in [0.15, 0.2) is 0 Å². The van der Waals surface area contributed by atoms with Crippen LogP contribution in [0.1, 0.15) is 29.5 Å². The van der Waals surface area contributed by atoms with E-state index in [4.69, 9.17) is 16.9 Å². The van der Waals surface area contributed by atoms with Crippen LogP contribution >= 0.6 is 11.6 Å². The second-order valence-corrected chi connectivity index (χ2v) is 5.17. The molecule has 2 aromatic rings. The Bertz CT molecular complexity index is 655. The molecular formula is C17H14ClNO. The molecule has 0 bridgehead atoms. The Morgan fingerprint density at radius 2 is 1.95 bits per heavy atom. The lowest BCUT2D eigenvalue weighted by atomic mass is 9.88. The van der Waals surface area contributed by atoms with Gasteiger partial charge in [-0.25, -0.2) is 0 Å². The molecule has 0 fully saturated rings. The summed E-state index contributed by atoms with van der Waals surface area (Å²) in [5, 5.41) is 9.63. The van der Waals surface area contributed by atoms with Crippen LogP contribution in [0.2, 0.25) is 5.02 Å². The predicted octanol–water partition coefficient (Wildman–Crippen LogP) is 4.13. The van der Waals surface area contributed by atoms with Gasteiger partial charge in [-0.15, -0.1) is 0 Å². The molecule has 0 heterocycles. The van der Waals surface area contributed by atoms with Crippen LogP contribution in [0.3, 0.4) is 0 Å². The van der Waals surface area contributed by atoms with Crippen molar-refractivity contribution in [3.63, 3.8) is 0 Å². The summed E-state index contributed by atoms with van der Waals surface area (Å²) in [6.07, 6.45) is 0.612. The second kappa shape index (κ2) is 6.36. The molecule has 1 atom stereocenters. The highest BCUT2D eigenvalue weighted by Gasteiger charge is 2.17. The first kappa shape index (κ1) is 14.3. The molecule has 2 aromatic carbocycles. The number of Topliss-reactive ketones (excluding diaryl/α,β-unsaturated/α-hetero) is 1. The SMILES string of the molecule is CC(=O)[C@H](Cc1ccc(Cl)cc1)c1cccc(C#N)c1. The second-order valence-electron chi connectivity index (χ2n) is 4.73. The first-order valence-corrected chi connectivity index (χ1v) is 6.73. The normalized spacial score (nSPS) is 11.7. The molecule has 2 rings (SSSR count). The van der Waals surface area contributed by atoms with E-state index in [0.29, 0.717) is 17.0 Å². The topological polar surface area (TPSA) is 40.9 Å². The van der Waals surface area contributed by atoms with Crippen LogP contribution in [-0.2, 0) is 11.2 Å². The molecule has 0 spiro atoms. The fourth-order valence-electron chi connectivity index (χ4n) is 2.18. The van der Waals surface area contributed by atoms with E-state index >= 15 is 0 Å². The lowest BCUT2D eigenvalue weighted by Crippen LogP contribution is -2.12. The summed E-state index contributed by atoms with van der Waals surface area (Å²) in [4.78, 5) is 11.9. The van der Waals surface area contributed by atoms with Gasteiger partial charge in [-0.2, -0.15) is 5.26 Å². The fraction of sp³-hybridized carbons (Fsp3) is 0.176. The van der Waals surface area contributed by atoms with Crippen LogP contribution in [0, 0.1) is 11.3 Å². The standard InChI is InChI=1S/C17H14ClNO/c1-12(20)17(10-13-5-7-16(18)8-6-13)15-4-2-3-14(9-15)11-19/h2-9,17H,10H2,1H3/t17-/m0/s1. The Morgan fingerprint density at radius 1 is 1.25 bits per heavy atom. The van der Waals surface area contributed by atoms with E-state index in [0.717, 1.165) is 11.1 Å². The summed E-state index contributed by atoms with van der Waals surface area (Å²) in [6.45, 7) is 1.58. The molecule has 20 heavy (non-hydrogen) atoms. The summed E-state index contributed by atoms with van der Waals surface area (Å²) in [6, 6.07) is 16.8. The monoisotopic (exact) mass is 283 g/mol. The van der Waals surface area contributed by atoms with Crippen LogP contribution in [0.25, 0.3) is 0 Å². The van der Waals surface area contributed by atoms with E-state index in [1.54, 1.807) is 19.1 Å². The number of benzene rings is 2. The number of hydrogen-bond acceptors (Lipinski definition) is 2. The van der Waals surface area contributed by atoms with Crippen molar-refractivity contribution in [3.8, 4) is 6.07 Å². The fourth-order valence-corrected chi connectivity index (χ4v) is 2.30. The number of hydrogen-bond donors (Lipinski definition) is 0. The van der Waals surface area contributed by atoms with Gasteiger partial charge in [-0.3, -0.25) is 4.79 Å². The third-order valence-electron chi connectivity index (χ3n) is 3.26. The predicted molar refractivity (Wildman–Crippen MR) is 79.7 cm³/mol. The van der Waals surface area contributed by atoms with Gasteiger partial charge in [0.2, 0.25) is 0 Å². The zero-order valence-corrected chi connectivity index (χ0v) is 11.9. The summed E-state index contributed by atoms with van der Waals surface area (Å²) >= 11 is 5.86. The van der Waals surface area contributed by atoms with Crippen molar-refractivity contribution in [2.24, 2.45) is 0 Å². The molecule has 0 saturated heterocycles. The van der Waals surface area contributed by atoms with E-state index in [1.807, 2.05) is 36.4 Å². The molecular weight excluding hydrogens is 270 g/mol. The van der Waals surface area contributed by atoms with E-state index < -0.39 is 0 Å². The van der Waals surface area contributed by atoms with Gasteiger partial charge in [0, 0.05) is 10.9 Å². The number of nitrogens with zero attached hydrogens (tertiary/aromatic N) is 1. The van der Waals surface area contributed by atoms with Gasteiger partial charge in [-0.05, 0) is 48.7 Å². The van der Waals surface area contributed by atoms with Crippen LogP contribution in [0.15, 0.2) is 48.5 Å². The molecule has 2 nitrogen and oxygen atoms in total. The summed E-state index contributed by atoms with van der Waals surface area (Å²) in [5.74, 6) is -0.139. The van der Waals surface area contributed by atoms with E-state index in [9.17, 15) is 4.79 Å². The Balaban J connectivity index is 2.29. The minimum atomic E-state index is -0.232. The summed E-state index contributed by atoms with van der Waals surface area (Å²) in [5.41, 5.74) is 2.51. The number of halogens is 1. The maximum absolute atomic E-state index is 11.9. The van der Waals surface area contributed by atoms with Gasteiger partial charge < -0.3 is 0 Å². The molecule has 0 aliphatic carbocycles. The number of carbonyl (C=O) groups is 1. The highest BCUT2D eigenvalue weighted by molar-refractivity contribution is 6.30. The smallest absolute Gasteiger partial charge is 0.137 e. The van der Waals surface area contributed by atoms with E-state index in [1.165, 1.54) is 0 Å². The molecule has 0 N–H and O–H groups in total. The van der Waals surface area contributed by atoms with Crippen molar-refractivity contribution in [1.82, 2.24) is 0 Å². The quantitative estimate of drug-likeness (QED) is 0.846. The van der Waals surface area contributed by atoms with Gasteiger partial charge in [-0.1, -0.05) is 35.9 Å². The van der Waals surface area contributed by atoms with Crippen molar-refractivity contribution < 1.29 is 4.79 Å². The molecule has 0 radical (unpaired) electrons. The van der Waals surface area contributed by atoms with Gasteiger partial charge >= 0.3 is 0 Å². The van der Waals surface area contributed by atoms with Crippen molar-refractivity contribution >= 4 is 17.4 Å². The van der Waals surface area contributed by atoms with Gasteiger partial charge in [0.05, 0.1) is 11.6 Å². The van der Waals surface area contributed by atoms with Crippen LogP contribution in [0.5, 0.6) is 0 Å². The highest BCUT2D eigenvalue weighted by atomic mass is 35.5. The van der Waals surface area contributed by atoms with Crippen molar-refractivity contribution in [3.05, 3.63) is 70.2 Å². The van der Waals surface area contributed by atoms with Crippen molar-refractivity contribution in [2.75, 3.05) is 0 Å². The number of carbonyl (C=O) groups excluding carboxylic acids is 1. The lowest BCUT2D eigenvalue weighted by Gasteiger charge is -2.14. The van der Waals surface area contributed by atoms with Crippen LogP contribution < -0.4 is 0 Å². The zero-order valence-electron chi connectivity index (χ0n) is 11.1. The van der Waals surface area contributed by atoms with E-state index in [2.05, 4.69) is 6.07 Å². The molecule has 0 saturated carbocycles. The van der Waals surface area contributed by atoms with Crippen molar-refractivity contribution in [2.45, 2.75) is 19.3 Å². The Labute approximate surface area is 123 Å². The first-order valence-electron chi connectivity index (χ1n) is 6.35. The van der Waals surface area contributed by atoms with Gasteiger partial charge in [0.25, 0.3) is 0 Å². The Hall–Kier alpha value is -2.11. The highest BCUT2D eigenvalue weighted by Crippen LogP contribution is 2.23. The summed E-state index contributed by atoms with van der Waals surface area (Å²) < 4.78 is 0. The minimum Gasteiger partial charge on any atom is -0.299 e. The average molecular weight is 284 g/mol. The summed E-state index contributed by atoms with van der Waals surface area (Å²) in [7, 11) is 0. The number of nitriles is 1. The molecule has 0 unspecified atom stereocenters. The third kappa shape index (κ3) is 3.46. The van der Waals surface area contributed by atoms with Gasteiger partial charge in [0.1, 0.15) is 5.78 Å². The lowest BCUT2D eigenvalue weighted by molar-refractivity contribution is -0.118. The third-order valence-corrected chi connectivity index (χ3v) is 3.51. The largest absolute Gasteiger partial charge is 0.299 e. The van der Waals surface area contributed by atoms with E-state index in [-0.39, 0.29) is 11.7 Å². The molecule has 100 valence electrons. The maximum atomic E-state index is 11.9. The van der Waals surface area contributed by atoms with Crippen molar-refractivity contribution in [1.29, 1.82) is 5.26 Å². The first-order chi connectivity index (χ1) is 9.60. The number of ketones is 1. The average Bonchev–Trinajstić information content (AvgIpc) is 2.46. The maximum Gasteiger partial charge on any atom is 0.137 e. The molecule has 0 aromatic heterocycles. The molecule has 3 heteroatoms. The van der Waals surface area contributed by atoms with Crippen LogP contribution in [0.4, 0.5) is 0 Å². The molecule has 0 aliphatic rings. The zero-order chi connectivity index (χ0) is 14.5. The molecule has 0 amide bonds. The molecule has 0 aliphatic heterocycles. The van der Waals surface area contributed by atoms with Crippen LogP contribution in [-0.4, -0.2) is 5.78 Å². The number of rotatable bonds is 4. The Morgan fingerprint density at radius 3 is 2.55 bits per heavy atom.